The van der Waals surface area contributed by atoms with Crippen LogP contribution in [-0.4, -0.2) is 28.5 Å². The first-order valence-electron chi connectivity index (χ1n) is 5.63. The molecule has 94 valence electrons. The monoisotopic (exact) mass is 254 g/mol. The van der Waals surface area contributed by atoms with Crippen molar-refractivity contribution in [3.05, 3.63) is 5.89 Å². The molecule has 5 nitrogen and oxygen atoms in total. The highest BCUT2D eigenvalue weighted by molar-refractivity contribution is 7.99. The second kappa shape index (κ2) is 6.62. The molecule has 1 heterocycles. The van der Waals surface area contributed by atoms with Crippen molar-refractivity contribution < 1.29 is 4.42 Å². The van der Waals surface area contributed by atoms with E-state index in [-0.39, 0.29) is 0 Å². The first kappa shape index (κ1) is 14.0. The van der Waals surface area contributed by atoms with Gasteiger partial charge in [0.05, 0.1) is 6.07 Å². The third-order valence-corrected chi connectivity index (χ3v) is 3.51. The van der Waals surface area contributed by atoms with E-state index in [4.69, 9.17) is 9.68 Å². The summed E-state index contributed by atoms with van der Waals surface area (Å²) >= 11 is 1.56. The highest BCUT2D eigenvalue weighted by Gasteiger charge is 2.19. The zero-order valence-electron chi connectivity index (χ0n) is 10.5. The zero-order valence-corrected chi connectivity index (χ0v) is 11.3. The molecule has 0 aliphatic rings. The number of aryl methyl sites for hydroxylation is 1. The second-order valence-corrected chi connectivity index (χ2v) is 5.13. The Balaban J connectivity index is 2.15. The molecule has 0 saturated heterocycles. The SMILES string of the molecule is CNC(C)(C#N)CCCCSc1nnc(C)o1. The molecule has 0 aliphatic carbocycles. The summed E-state index contributed by atoms with van der Waals surface area (Å²) in [5.41, 5.74) is -0.411. The fraction of sp³-hybridized carbons (Fsp3) is 0.727. The number of aromatic nitrogens is 2. The predicted molar refractivity (Wildman–Crippen MR) is 66.7 cm³/mol. The van der Waals surface area contributed by atoms with Gasteiger partial charge in [-0.25, -0.2) is 0 Å². The molecule has 0 bridgehead atoms. The van der Waals surface area contributed by atoms with Crippen molar-refractivity contribution in [2.75, 3.05) is 12.8 Å². The van der Waals surface area contributed by atoms with E-state index >= 15 is 0 Å². The summed E-state index contributed by atoms with van der Waals surface area (Å²) in [6.07, 6.45) is 2.89. The minimum Gasteiger partial charge on any atom is -0.416 e. The second-order valence-electron chi connectivity index (χ2n) is 4.09. The van der Waals surface area contributed by atoms with Crippen LogP contribution in [-0.2, 0) is 0 Å². The van der Waals surface area contributed by atoms with Gasteiger partial charge in [0.25, 0.3) is 5.22 Å². The van der Waals surface area contributed by atoms with Gasteiger partial charge in [-0.2, -0.15) is 5.26 Å². The van der Waals surface area contributed by atoms with Gasteiger partial charge in [-0.15, -0.1) is 10.2 Å². The predicted octanol–water partition coefficient (Wildman–Crippen LogP) is 2.14. The molecule has 0 fully saturated rings. The number of hydrogen-bond acceptors (Lipinski definition) is 6. The molecule has 0 spiro atoms. The van der Waals surface area contributed by atoms with Crippen LogP contribution < -0.4 is 5.32 Å². The molecule has 0 radical (unpaired) electrons. The largest absolute Gasteiger partial charge is 0.416 e. The Kier molecular flexibility index (Phi) is 5.45. The fourth-order valence-corrected chi connectivity index (χ4v) is 2.11. The summed E-state index contributed by atoms with van der Waals surface area (Å²) in [4.78, 5) is 0. The molecule has 0 amide bonds. The number of unbranched alkanes of at least 4 members (excludes halogenated alkanes) is 1. The number of rotatable bonds is 7. The fourth-order valence-electron chi connectivity index (χ4n) is 1.31. The smallest absolute Gasteiger partial charge is 0.276 e. The van der Waals surface area contributed by atoms with Crippen LogP contribution in [0.25, 0.3) is 0 Å². The lowest BCUT2D eigenvalue weighted by Crippen LogP contribution is -2.37. The maximum absolute atomic E-state index is 8.97. The van der Waals surface area contributed by atoms with Crippen molar-refractivity contribution in [3.63, 3.8) is 0 Å². The molecule has 1 rings (SSSR count). The minimum atomic E-state index is -0.411. The van der Waals surface area contributed by atoms with E-state index in [0.717, 1.165) is 25.0 Å². The van der Waals surface area contributed by atoms with E-state index in [1.165, 1.54) is 0 Å². The molecular formula is C11H18N4OS. The van der Waals surface area contributed by atoms with Crippen molar-refractivity contribution in [2.24, 2.45) is 0 Å². The van der Waals surface area contributed by atoms with Crippen LogP contribution in [0, 0.1) is 18.3 Å². The number of nitrogens with one attached hydrogen (secondary N) is 1. The standard InChI is InChI=1S/C11H18N4OS/c1-9-14-15-10(16-9)17-7-5-4-6-11(2,8-12)13-3/h13H,4-7H2,1-3H3. The van der Waals surface area contributed by atoms with Gasteiger partial charge in [-0.1, -0.05) is 11.8 Å². The summed E-state index contributed by atoms with van der Waals surface area (Å²) in [6.45, 7) is 3.70. The molecule has 17 heavy (non-hydrogen) atoms. The highest BCUT2D eigenvalue weighted by Crippen LogP contribution is 2.19. The summed E-state index contributed by atoms with van der Waals surface area (Å²) in [7, 11) is 1.82. The topological polar surface area (TPSA) is 74.7 Å². The first-order valence-corrected chi connectivity index (χ1v) is 6.61. The molecule has 1 unspecified atom stereocenters. The Morgan fingerprint density at radius 3 is 2.76 bits per heavy atom. The molecule has 1 aromatic heterocycles. The molecule has 6 heteroatoms. The third kappa shape index (κ3) is 4.75. The van der Waals surface area contributed by atoms with Gasteiger partial charge < -0.3 is 9.73 Å². The normalized spacial score (nSPS) is 14.2. The van der Waals surface area contributed by atoms with Crippen molar-refractivity contribution >= 4 is 11.8 Å². The number of nitrogens with zero attached hydrogens (tertiary/aromatic N) is 3. The lowest BCUT2D eigenvalue weighted by Gasteiger charge is -2.19. The summed E-state index contributed by atoms with van der Waals surface area (Å²) in [5, 5.41) is 20.3. The van der Waals surface area contributed by atoms with E-state index < -0.39 is 5.54 Å². The van der Waals surface area contributed by atoms with Crippen LogP contribution in [0.2, 0.25) is 0 Å². The van der Waals surface area contributed by atoms with Crippen molar-refractivity contribution in [3.8, 4) is 6.07 Å². The van der Waals surface area contributed by atoms with Gasteiger partial charge in [0.15, 0.2) is 0 Å². The van der Waals surface area contributed by atoms with Crippen LogP contribution in [0.15, 0.2) is 9.64 Å². The third-order valence-electron chi connectivity index (χ3n) is 2.60. The van der Waals surface area contributed by atoms with Crippen LogP contribution in [0.3, 0.4) is 0 Å². The van der Waals surface area contributed by atoms with Crippen LogP contribution in [0.5, 0.6) is 0 Å². The Labute approximate surface area is 106 Å². The van der Waals surface area contributed by atoms with Crippen LogP contribution >= 0.6 is 11.8 Å². The summed E-state index contributed by atoms with van der Waals surface area (Å²) in [6, 6.07) is 2.28. The highest BCUT2D eigenvalue weighted by atomic mass is 32.2. The van der Waals surface area contributed by atoms with Gasteiger partial charge in [0.1, 0.15) is 5.54 Å². The van der Waals surface area contributed by atoms with Gasteiger partial charge in [0, 0.05) is 12.7 Å². The number of nitriles is 1. The molecule has 0 aliphatic heterocycles. The molecule has 0 aromatic carbocycles. The molecule has 1 atom stereocenters. The Morgan fingerprint density at radius 2 is 2.24 bits per heavy atom. The number of thioether (sulfide) groups is 1. The average Bonchev–Trinajstić information content (AvgIpc) is 2.74. The van der Waals surface area contributed by atoms with Crippen LogP contribution in [0.1, 0.15) is 32.1 Å². The van der Waals surface area contributed by atoms with Gasteiger partial charge in [-0.05, 0) is 33.2 Å². The lowest BCUT2D eigenvalue weighted by atomic mass is 9.97. The zero-order chi connectivity index (χ0) is 12.7. The van der Waals surface area contributed by atoms with E-state index in [9.17, 15) is 0 Å². The van der Waals surface area contributed by atoms with E-state index in [0.29, 0.717) is 11.1 Å². The van der Waals surface area contributed by atoms with E-state index in [1.807, 2.05) is 14.0 Å². The van der Waals surface area contributed by atoms with Gasteiger partial charge in [-0.3, -0.25) is 0 Å². The van der Waals surface area contributed by atoms with Crippen molar-refractivity contribution in [2.45, 2.75) is 43.9 Å². The van der Waals surface area contributed by atoms with Gasteiger partial charge in [0.2, 0.25) is 5.89 Å². The molecular weight excluding hydrogens is 236 g/mol. The molecule has 0 saturated carbocycles. The first-order chi connectivity index (χ1) is 8.09. The summed E-state index contributed by atoms with van der Waals surface area (Å²) < 4.78 is 5.25. The minimum absolute atomic E-state index is 0.411. The summed E-state index contributed by atoms with van der Waals surface area (Å²) in [5.74, 6) is 1.53. The maximum Gasteiger partial charge on any atom is 0.276 e. The average molecular weight is 254 g/mol. The number of hydrogen-bond donors (Lipinski definition) is 1. The van der Waals surface area contributed by atoms with Crippen LogP contribution in [0.4, 0.5) is 0 Å². The maximum atomic E-state index is 8.97. The molecule has 1 aromatic rings. The van der Waals surface area contributed by atoms with Gasteiger partial charge >= 0.3 is 0 Å². The quantitative estimate of drug-likeness (QED) is 0.593. The Bertz CT molecular complexity index is 387. The van der Waals surface area contributed by atoms with Crippen molar-refractivity contribution in [1.82, 2.24) is 15.5 Å². The van der Waals surface area contributed by atoms with E-state index in [2.05, 4.69) is 21.6 Å². The lowest BCUT2D eigenvalue weighted by molar-refractivity contribution is 0.427. The Morgan fingerprint density at radius 1 is 1.47 bits per heavy atom. The van der Waals surface area contributed by atoms with E-state index in [1.54, 1.807) is 18.7 Å². The molecule has 1 N–H and O–H groups in total. The Hall–Kier alpha value is -1.06. The van der Waals surface area contributed by atoms with Crippen molar-refractivity contribution in [1.29, 1.82) is 5.26 Å².